The van der Waals surface area contributed by atoms with Gasteiger partial charge in [0.05, 0.1) is 0 Å². The molecule has 0 N–H and O–H groups in total. The molecule has 80 valence electrons. The molecular weight excluding hydrogens is 176 g/mol. The lowest BCUT2D eigenvalue weighted by molar-refractivity contribution is -0.145. The Morgan fingerprint density at radius 2 is 1.64 bits per heavy atom. The van der Waals surface area contributed by atoms with Crippen LogP contribution in [0.2, 0.25) is 0 Å². The van der Waals surface area contributed by atoms with Crippen molar-refractivity contribution < 1.29 is 9.53 Å². The van der Waals surface area contributed by atoms with Gasteiger partial charge in [0.2, 0.25) is 0 Å². The van der Waals surface area contributed by atoms with E-state index in [-0.39, 0.29) is 12.1 Å². The molecule has 0 amide bonds. The van der Waals surface area contributed by atoms with E-state index in [1.54, 1.807) is 6.92 Å². The van der Waals surface area contributed by atoms with Crippen LogP contribution in [-0.4, -0.2) is 12.1 Å². The SMILES string of the molecule is C=C(C)C(=O)OC1CCCCCCC1. The third kappa shape index (κ3) is 3.95. The molecule has 0 radical (unpaired) electrons. The fourth-order valence-electron chi connectivity index (χ4n) is 1.79. The first kappa shape index (κ1) is 11.3. The summed E-state index contributed by atoms with van der Waals surface area (Å²) in [7, 11) is 0. The number of hydrogen-bond donors (Lipinski definition) is 0. The molecule has 1 rings (SSSR count). The highest BCUT2D eigenvalue weighted by Gasteiger charge is 2.15. The van der Waals surface area contributed by atoms with E-state index < -0.39 is 0 Å². The summed E-state index contributed by atoms with van der Waals surface area (Å²) in [5.41, 5.74) is 0.507. The van der Waals surface area contributed by atoms with Gasteiger partial charge in [0, 0.05) is 5.57 Å². The molecule has 0 heterocycles. The molecule has 0 atom stereocenters. The molecule has 0 saturated heterocycles. The topological polar surface area (TPSA) is 26.3 Å². The highest BCUT2D eigenvalue weighted by atomic mass is 16.5. The Labute approximate surface area is 86.3 Å². The smallest absolute Gasteiger partial charge is 0.333 e. The highest BCUT2D eigenvalue weighted by molar-refractivity contribution is 5.87. The monoisotopic (exact) mass is 196 g/mol. The Morgan fingerprint density at radius 3 is 2.14 bits per heavy atom. The van der Waals surface area contributed by atoms with Crippen LogP contribution in [0.15, 0.2) is 12.2 Å². The summed E-state index contributed by atoms with van der Waals surface area (Å²) in [6, 6.07) is 0. The van der Waals surface area contributed by atoms with Crippen LogP contribution < -0.4 is 0 Å². The van der Waals surface area contributed by atoms with Crippen LogP contribution in [0, 0.1) is 0 Å². The van der Waals surface area contributed by atoms with Crippen LogP contribution in [0.1, 0.15) is 51.9 Å². The molecule has 0 aliphatic heterocycles. The first-order chi connectivity index (χ1) is 6.70. The van der Waals surface area contributed by atoms with Gasteiger partial charge >= 0.3 is 5.97 Å². The van der Waals surface area contributed by atoms with E-state index in [0.717, 1.165) is 12.8 Å². The lowest BCUT2D eigenvalue weighted by Crippen LogP contribution is -2.19. The largest absolute Gasteiger partial charge is 0.459 e. The predicted molar refractivity (Wildman–Crippen MR) is 57.0 cm³/mol. The molecule has 0 aromatic heterocycles. The minimum Gasteiger partial charge on any atom is -0.459 e. The van der Waals surface area contributed by atoms with E-state index in [4.69, 9.17) is 4.74 Å². The lowest BCUT2D eigenvalue weighted by Gasteiger charge is -2.20. The zero-order valence-corrected chi connectivity index (χ0v) is 9.05. The number of carbonyl (C=O) groups excluding carboxylic acids is 1. The molecule has 2 heteroatoms. The Morgan fingerprint density at radius 1 is 1.14 bits per heavy atom. The first-order valence-electron chi connectivity index (χ1n) is 5.56. The minimum absolute atomic E-state index is 0.138. The van der Waals surface area contributed by atoms with Gasteiger partial charge < -0.3 is 4.74 Å². The molecule has 1 aliphatic carbocycles. The Balaban J connectivity index is 2.33. The normalized spacial score (nSPS) is 19.5. The first-order valence-corrected chi connectivity index (χ1v) is 5.56. The van der Waals surface area contributed by atoms with Gasteiger partial charge in [-0.3, -0.25) is 0 Å². The summed E-state index contributed by atoms with van der Waals surface area (Å²) >= 11 is 0. The van der Waals surface area contributed by atoms with Crippen molar-refractivity contribution in [1.29, 1.82) is 0 Å². The quantitative estimate of drug-likeness (QED) is 0.500. The molecule has 14 heavy (non-hydrogen) atoms. The van der Waals surface area contributed by atoms with Gasteiger partial charge in [0.25, 0.3) is 0 Å². The van der Waals surface area contributed by atoms with Crippen molar-refractivity contribution in [2.24, 2.45) is 0 Å². The van der Waals surface area contributed by atoms with Gasteiger partial charge in [-0.05, 0) is 32.6 Å². The van der Waals surface area contributed by atoms with Crippen molar-refractivity contribution in [3.05, 3.63) is 12.2 Å². The fourth-order valence-corrected chi connectivity index (χ4v) is 1.79. The van der Waals surface area contributed by atoms with Crippen LogP contribution in [0.4, 0.5) is 0 Å². The van der Waals surface area contributed by atoms with E-state index in [0.29, 0.717) is 5.57 Å². The molecule has 1 aliphatic rings. The maximum Gasteiger partial charge on any atom is 0.333 e. The summed E-state index contributed by atoms with van der Waals surface area (Å²) in [5.74, 6) is -0.226. The second kappa shape index (κ2) is 5.84. The van der Waals surface area contributed by atoms with Crippen molar-refractivity contribution >= 4 is 5.97 Å². The summed E-state index contributed by atoms with van der Waals surface area (Å²) in [6.07, 6.45) is 8.46. The van der Waals surface area contributed by atoms with Gasteiger partial charge in [0.1, 0.15) is 6.10 Å². The molecule has 0 aromatic rings. The average molecular weight is 196 g/mol. The van der Waals surface area contributed by atoms with Crippen molar-refractivity contribution in [2.45, 2.75) is 58.0 Å². The maximum atomic E-state index is 11.3. The van der Waals surface area contributed by atoms with Crippen molar-refractivity contribution in [2.75, 3.05) is 0 Å². The maximum absolute atomic E-state index is 11.3. The number of rotatable bonds is 2. The number of hydrogen-bond acceptors (Lipinski definition) is 2. The second-order valence-corrected chi connectivity index (χ2v) is 4.15. The third-order valence-corrected chi connectivity index (χ3v) is 2.67. The Hall–Kier alpha value is -0.790. The molecule has 0 spiro atoms. The van der Waals surface area contributed by atoms with Crippen LogP contribution in [0.25, 0.3) is 0 Å². The Kier molecular flexibility index (Phi) is 4.71. The molecule has 1 fully saturated rings. The number of esters is 1. The highest BCUT2D eigenvalue weighted by Crippen LogP contribution is 2.20. The Bertz CT molecular complexity index is 200. The van der Waals surface area contributed by atoms with Crippen LogP contribution in [0.3, 0.4) is 0 Å². The number of ether oxygens (including phenoxy) is 1. The zero-order chi connectivity index (χ0) is 10.4. The zero-order valence-electron chi connectivity index (χ0n) is 9.05. The van der Waals surface area contributed by atoms with Gasteiger partial charge in [-0.15, -0.1) is 0 Å². The molecule has 0 unspecified atom stereocenters. The molecule has 0 aromatic carbocycles. The summed E-state index contributed by atoms with van der Waals surface area (Å²) in [6.45, 7) is 5.29. The predicted octanol–water partition coefficient (Wildman–Crippen LogP) is 3.22. The van der Waals surface area contributed by atoms with Gasteiger partial charge in [-0.2, -0.15) is 0 Å². The number of carbonyl (C=O) groups is 1. The molecular formula is C12H20O2. The molecule has 0 bridgehead atoms. The lowest BCUT2D eigenvalue weighted by atomic mass is 9.98. The average Bonchev–Trinajstić information content (AvgIpc) is 2.08. The van der Waals surface area contributed by atoms with Crippen molar-refractivity contribution in [3.8, 4) is 0 Å². The van der Waals surface area contributed by atoms with Crippen molar-refractivity contribution in [1.82, 2.24) is 0 Å². The van der Waals surface area contributed by atoms with Crippen LogP contribution >= 0.6 is 0 Å². The minimum atomic E-state index is -0.226. The van der Waals surface area contributed by atoms with Gasteiger partial charge in [0.15, 0.2) is 0 Å². The molecule has 2 nitrogen and oxygen atoms in total. The third-order valence-electron chi connectivity index (χ3n) is 2.67. The van der Waals surface area contributed by atoms with Gasteiger partial charge in [-0.25, -0.2) is 4.79 Å². The second-order valence-electron chi connectivity index (χ2n) is 4.15. The van der Waals surface area contributed by atoms with Crippen LogP contribution in [-0.2, 0) is 9.53 Å². The van der Waals surface area contributed by atoms with E-state index in [9.17, 15) is 4.79 Å². The summed E-state index contributed by atoms with van der Waals surface area (Å²) < 4.78 is 5.35. The van der Waals surface area contributed by atoms with E-state index in [1.165, 1.54) is 32.1 Å². The van der Waals surface area contributed by atoms with Crippen molar-refractivity contribution in [3.63, 3.8) is 0 Å². The summed E-state index contributed by atoms with van der Waals surface area (Å²) in [5, 5.41) is 0. The van der Waals surface area contributed by atoms with E-state index in [1.807, 2.05) is 0 Å². The van der Waals surface area contributed by atoms with E-state index in [2.05, 4.69) is 6.58 Å². The van der Waals surface area contributed by atoms with Crippen LogP contribution in [0.5, 0.6) is 0 Å². The molecule has 1 saturated carbocycles. The van der Waals surface area contributed by atoms with E-state index >= 15 is 0 Å². The fraction of sp³-hybridized carbons (Fsp3) is 0.750. The standard InChI is InChI=1S/C12H20O2/c1-10(2)12(13)14-11-8-6-4-3-5-7-9-11/h11H,1,3-9H2,2H3. The summed E-state index contributed by atoms with van der Waals surface area (Å²) in [4.78, 5) is 11.3. The van der Waals surface area contributed by atoms with Gasteiger partial charge in [-0.1, -0.05) is 25.8 Å².